The Labute approximate surface area is 113 Å². The Bertz CT molecular complexity index is 534. The summed E-state index contributed by atoms with van der Waals surface area (Å²) in [6.45, 7) is 5.88. The van der Waals surface area contributed by atoms with Crippen LogP contribution in [0, 0.1) is 6.92 Å². The highest BCUT2D eigenvalue weighted by Crippen LogP contribution is 2.10. The van der Waals surface area contributed by atoms with Crippen molar-refractivity contribution in [1.82, 2.24) is 19.5 Å². The molecule has 2 heterocycles. The molecule has 6 heteroatoms. The zero-order chi connectivity index (χ0) is 13.7. The van der Waals surface area contributed by atoms with Crippen molar-refractivity contribution in [2.75, 3.05) is 17.6 Å². The maximum absolute atomic E-state index is 5.57. The molecule has 0 atom stereocenters. The molecule has 19 heavy (non-hydrogen) atoms. The maximum atomic E-state index is 5.57. The number of rotatable bonds is 6. The number of imidazole rings is 1. The van der Waals surface area contributed by atoms with E-state index in [1.54, 1.807) is 6.20 Å². The summed E-state index contributed by atoms with van der Waals surface area (Å²) in [6, 6.07) is 0. The molecule has 0 spiro atoms. The SMILES string of the molecule is CCc1nccn1CCCNc1nc(N)ncc1C. The van der Waals surface area contributed by atoms with E-state index < -0.39 is 0 Å². The van der Waals surface area contributed by atoms with Crippen molar-refractivity contribution in [2.45, 2.75) is 33.2 Å². The van der Waals surface area contributed by atoms with Gasteiger partial charge in [-0.2, -0.15) is 4.98 Å². The molecule has 0 saturated heterocycles. The highest BCUT2D eigenvalue weighted by Gasteiger charge is 2.02. The van der Waals surface area contributed by atoms with Crippen LogP contribution in [0.2, 0.25) is 0 Å². The Hall–Kier alpha value is -2.11. The van der Waals surface area contributed by atoms with Crippen LogP contribution in [0.4, 0.5) is 11.8 Å². The Morgan fingerprint density at radius 3 is 3.00 bits per heavy atom. The van der Waals surface area contributed by atoms with Gasteiger partial charge in [-0.1, -0.05) is 6.92 Å². The van der Waals surface area contributed by atoms with Gasteiger partial charge in [-0.3, -0.25) is 0 Å². The van der Waals surface area contributed by atoms with Crippen molar-refractivity contribution in [1.29, 1.82) is 0 Å². The minimum absolute atomic E-state index is 0.302. The smallest absolute Gasteiger partial charge is 0.221 e. The fourth-order valence-electron chi connectivity index (χ4n) is 1.95. The third-order valence-corrected chi connectivity index (χ3v) is 2.98. The van der Waals surface area contributed by atoms with Crippen LogP contribution in [-0.2, 0) is 13.0 Å². The van der Waals surface area contributed by atoms with Crippen LogP contribution in [0.15, 0.2) is 18.6 Å². The molecule has 0 unspecified atom stereocenters. The molecule has 2 aromatic heterocycles. The molecule has 0 fully saturated rings. The molecule has 0 amide bonds. The summed E-state index contributed by atoms with van der Waals surface area (Å²) in [7, 11) is 0. The molecular formula is C13H20N6. The zero-order valence-corrected chi connectivity index (χ0v) is 11.4. The molecule has 2 rings (SSSR count). The van der Waals surface area contributed by atoms with Gasteiger partial charge in [0.05, 0.1) is 0 Å². The number of nitrogens with zero attached hydrogens (tertiary/aromatic N) is 4. The standard InChI is InChI=1S/C13H20N6/c1-3-11-15-6-8-19(11)7-4-5-16-12-10(2)9-17-13(14)18-12/h6,8-9H,3-5,7H2,1-2H3,(H3,14,16,17,18). The first kappa shape index (κ1) is 13.3. The summed E-state index contributed by atoms with van der Waals surface area (Å²) in [6.07, 6.45) is 7.57. The van der Waals surface area contributed by atoms with E-state index in [0.717, 1.165) is 43.1 Å². The van der Waals surface area contributed by atoms with Gasteiger partial charge in [0.2, 0.25) is 5.95 Å². The van der Waals surface area contributed by atoms with E-state index in [4.69, 9.17) is 5.73 Å². The lowest BCUT2D eigenvalue weighted by molar-refractivity contribution is 0.628. The predicted octanol–water partition coefficient (Wildman–Crippen LogP) is 1.63. The molecular weight excluding hydrogens is 240 g/mol. The van der Waals surface area contributed by atoms with E-state index in [9.17, 15) is 0 Å². The number of aryl methyl sites for hydroxylation is 3. The summed E-state index contributed by atoms with van der Waals surface area (Å²) in [4.78, 5) is 12.4. The first-order valence-electron chi connectivity index (χ1n) is 6.53. The molecule has 0 aliphatic rings. The van der Waals surface area contributed by atoms with Crippen molar-refractivity contribution in [3.63, 3.8) is 0 Å². The van der Waals surface area contributed by atoms with Gasteiger partial charge in [0.25, 0.3) is 0 Å². The average Bonchev–Trinajstić information content (AvgIpc) is 2.86. The summed E-state index contributed by atoms with van der Waals surface area (Å²) in [5.74, 6) is 2.24. The molecule has 6 nitrogen and oxygen atoms in total. The number of anilines is 2. The number of nitrogens with two attached hydrogens (primary N) is 1. The molecule has 0 radical (unpaired) electrons. The number of aromatic nitrogens is 4. The average molecular weight is 260 g/mol. The topological polar surface area (TPSA) is 81.7 Å². The highest BCUT2D eigenvalue weighted by molar-refractivity contribution is 5.44. The Kier molecular flexibility index (Phi) is 4.33. The van der Waals surface area contributed by atoms with Crippen LogP contribution >= 0.6 is 0 Å². The largest absolute Gasteiger partial charge is 0.370 e. The van der Waals surface area contributed by atoms with E-state index in [1.165, 1.54) is 0 Å². The molecule has 0 aromatic carbocycles. The zero-order valence-electron chi connectivity index (χ0n) is 11.4. The van der Waals surface area contributed by atoms with Crippen molar-refractivity contribution in [2.24, 2.45) is 0 Å². The van der Waals surface area contributed by atoms with Gasteiger partial charge in [-0.25, -0.2) is 9.97 Å². The van der Waals surface area contributed by atoms with E-state index in [1.807, 2.05) is 19.3 Å². The number of hydrogen-bond acceptors (Lipinski definition) is 5. The predicted molar refractivity (Wildman–Crippen MR) is 75.9 cm³/mol. The van der Waals surface area contributed by atoms with Crippen LogP contribution in [0.25, 0.3) is 0 Å². The summed E-state index contributed by atoms with van der Waals surface area (Å²) in [5.41, 5.74) is 6.58. The molecule has 0 aliphatic carbocycles. The van der Waals surface area contributed by atoms with Gasteiger partial charge in [0.1, 0.15) is 11.6 Å². The summed E-state index contributed by atoms with van der Waals surface area (Å²) < 4.78 is 2.18. The van der Waals surface area contributed by atoms with Crippen LogP contribution in [0.5, 0.6) is 0 Å². The lowest BCUT2D eigenvalue weighted by atomic mass is 10.3. The third-order valence-electron chi connectivity index (χ3n) is 2.98. The number of hydrogen-bond donors (Lipinski definition) is 2. The summed E-state index contributed by atoms with van der Waals surface area (Å²) >= 11 is 0. The molecule has 102 valence electrons. The van der Waals surface area contributed by atoms with Gasteiger partial charge in [0, 0.05) is 43.7 Å². The van der Waals surface area contributed by atoms with Crippen molar-refractivity contribution in [3.8, 4) is 0 Å². The van der Waals surface area contributed by atoms with Gasteiger partial charge >= 0.3 is 0 Å². The van der Waals surface area contributed by atoms with Crippen LogP contribution in [-0.4, -0.2) is 26.1 Å². The number of nitrogen functional groups attached to an aromatic ring is 1. The first-order chi connectivity index (χ1) is 9.20. The monoisotopic (exact) mass is 260 g/mol. The Morgan fingerprint density at radius 1 is 1.37 bits per heavy atom. The van der Waals surface area contributed by atoms with E-state index in [2.05, 4.69) is 31.8 Å². The highest BCUT2D eigenvalue weighted by atomic mass is 15.1. The maximum Gasteiger partial charge on any atom is 0.221 e. The van der Waals surface area contributed by atoms with Crippen molar-refractivity contribution in [3.05, 3.63) is 30.0 Å². The van der Waals surface area contributed by atoms with E-state index in [-0.39, 0.29) is 0 Å². The second-order valence-electron chi connectivity index (χ2n) is 4.43. The van der Waals surface area contributed by atoms with Crippen molar-refractivity contribution >= 4 is 11.8 Å². The van der Waals surface area contributed by atoms with E-state index in [0.29, 0.717) is 5.95 Å². The van der Waals surface area contributed by atoms with Gasteiger partial charge in [-0.15, -0.1) is 0 Å². The fraction of sp³-hybridized carbons (Fsp3) is 0.462. The quantitative estimate of drug-likeness (QED) is 0.771. The fourth-order valence-corrected chi connectivity index (χ4v) is 1.95. The first-order valence-corrected chi connectivity index (χ1v) is 6.53. The molecule has 3 N–H and O–H groups in total. The van der Waals surface area contributed by atoms with Crippen molar-refractivity contribution < 1.29 is 0 Å². The van der Waals surface area contributed by atoms with Gasteiger partial charge in [0.15, 0.2) is 0 Å². The van der Waals surface area contributed by atoms with Crippen LogP contribution in [0.3, 0.4) is 0 Å². The minimum atomic E-state index is 0.302. The normalized spacial score (nSPS) is 10.6. The Balaban J connectivity index is 1.82. The van der Waals surface area contributed by atoms with Crippen LogP contribution < -0.4 is 11.1 Å². The number of nitrogens with one attached hydrogen (secondary N) is 1. The van der Waals surface area contributed by atoms with Crippen LogP contribution in [0.1, 0.15) is 24.7 Å². The minimum Gasteiger partial charge on any atom is -0.370 e. The molecule has 0 aliphatic heterocycles. The molecule has 0 saturated carbocycles. The summed E-state index contributed by atoms with van der Waals surface area (Å²) in [5, 5.41) is 3.29. The Morgan fingerprint density at radius 2 is 2.21 bits per heavy atom. The van der Waals surface area contributed by atoms with E-state index >= 15 is 0 Å². The molecule has 2 aromatic rings. The molecule has 0 bridgehead atoms. The third kappa shape index (κ3) is 3.43. The lowest BCUT2D eigenvalue weighted by Gasteiger charge is -2.10. The second-order valence-corrected chi connectivity index (χ2v) is 4.43. The second kappa shape index (κ2) is 6.17. The van der Waals surface area contributed by atoms with Gasteiger partial charge < -0.3 is 15.6 Å². The van der Waals surface area contributed by atoms with Gasteiger partial charge in [-0.05, 0) is 13.3 Å². The lowest BCUT2D eigenvalue weighted by Crippen LogP contribution is -2.11.